The molecule has 0 aliphatic carbocycles. The van der Waals surface area contributed by atoms with Gasteiger partial charge >= 0.3 is 5.97 Å². The first kappa shape index (κ1) is 11.0. The topological polar surface area (TPSA) is 57.6 Å². The van der Waals surface area contributed by atoms with Crippen molar-refractivity contribution in [2.45, 2.75) is 33.1 Å². The van der Waals surface area contributed by atoms with Gasteiger partial charge in [0, 0.05) is 19.5 Å². The van der Waals surface area contributed by atoms with Crippen LogP contribution >= 0.6 is 0 Å². The fourth-order valence-corrected chi connectivity index (χ4v) is 1.64. The summed E-state index contributed by atoms with van der Waals surface area (Å²) in [6.45, 7) is 5.18. The van der Waals surface area contributed by atoms with Crippen molar-refractivity contribution in [1.29, 1.82) is 0 Å². The van der Waals surface area contributed by atoms with Gasteiger partial charge in [-0.1, -0.05) is 13.8 Å². The van der Waals surface area contributed by atoms with Gasteiger partial charge in [0.15, 0.2) is 0 Å². The number of carboxylic acid groups (broad SMARTS) is 1. The summed E-state index contributed by atoms with van der Waals surface area (Å²) < 4.78 is 0. The number of amides is 1. The molecule has 1 saturated heterocycles. The van der Waals surface area contributed by atoms with Crippen molar-refractivity contribution in [1.82, 2.24) is 4.90 Å². The van der Waals surface area contributed by atoms with Gasteiger partial charge in [0.05, 0.1) is 6.42 Å². The standard InChI is InChI=1S/C10H17NO3/c1-10(2)4-6-11(8(12)7-10)5-3-9(13)14/h3-7H2,1-2H3,(H,13,14). The van der Waals surface area contributed by atoms with Crippen LogP contribution in [0.15, 0.2) is 0 Å². The lowest BCUT2D eigenvalue weighted by atomic mass is 9.82. The molecule has 4 heteroatoms. The van der Waals surface area contributed by atoms with E-state index in [1.165, 1.54) is 0 Å². The van der Waals surface area contributed by atoms with Gasteiger partial charge in [-0.15, -0.1) is 0 Å². The predicted molar refractivity (Wildman–Crippen MR) is 51.8 cm³/mol. The average molecular weight is 199 g/mol. The number of hydrogen-bond acceptors (Lipinski definition) is 2. The molecule has 1 fully saturated rings. The summed E-state index contributed by atoms with van der Waals surface area (Å²) in [4.78, 5) is 23.5. The number of hydrogen-bond donors (Lipinski definition) is 1. The first-order valence-electron chi connectivity index (χ1n) is 4.90. The molecule has 0 radical (unpaired) electrons. The third-order valence-electron chi connectivity index (χ3n) is 2.64. The Morgan fingerprint density at radius 1 is 1.57 bits per heavy atom. The van der Waals surface area contributed by atoms with Crippen LogP contribution < -0.4 is 0 Å². The van der Waals surface area contributed by atoms with Crippen molar-refractivity contribution >= 4 is 11.9 Å². The summed E-state index contributed by atoms with van der Waals surface area (Å²) in [7, 11) is 0. The quantitative estimate of drug-likeness (QED) is 0.740. The Bertz CT molecular complexity index is 248. The fourth-order valence-electron chi connectivity index (χ4n) is 1.64. The van der Waals surface area contributed by atoms with E-state index in [4.69, 9.17) is 5.11 Å². The molecule has 0 spiro atoms. The summed E-state index contributed by atoms with van der Waals surface area (Å²) in [6.07, 6.45) is 1.54. The minimum absolute atomic E-state index is 0.0478. The van der Waals surface area contributed by atoms with Gasteiger partial charge < -0.3 is 10.0 Å². The lowest BCUT2D eigenvalue weighted by molar-refractivity contribution is -0.140. The second-order valence-corrected chi connectivity index (χ2v) is 4.62. The maximum Gasteiger partial charge on any atom is 0.305 e. The Balaban J connectivity index is 2.42. The Labute approximate surface area is 83.9 Å². The molecule has 1 rings (SSSR count). The predicted octanol–water partition coefficient (Wildman–Crippen LogP) is 1.11. The van der Waals surface area contributed by atoms with Crippen molar-refractivity contribution in [2.75, 3.05) is 13.1 Å². The molecule has 80 valence electrons. The van der Waals surface area contributed by atoms with E-state index in [1.807, 2.05) is 0 Å². The molecule has 1 heterocycles. The van der Waals surface area contributed by atoms with E-state index in [0.29, 0.717) is 19.5 Å². The number of nitrogens with zero attached hydrogens (tertiary/aromatic N) is 1. The minimum atomic E-state index is -0.845. The molecule has 1 N–H and O–H groups in total. The SMILES string of the molecule is CC1(C)CCN(CCC(=O)O)C(=O)C1. The average Bonchev–Trinajstić information content (AvgIpc) is 2.00. The second-order valence-electron chi connectivity index (χ2n) is 4.62. The summed E-state index contributed by atoms with van der Waals surface area (Å²) in [5.74, 6) is -0.759. The van der Waals surface area contributed by atoms with Crippen LogP contribution in [0.2, 0.25) is 0 Å². The van der Waals surface area contributed by atoms with Crippen LogP contribution in [0.25, 0.3) is 0 Å². The van der Waals surface area contributed by atoms with E-state index in [1.54, 1.807) is 4.90 Å². The Kier molecular flexibility index (Phi) is 3.13. The van der Waals surface area contributed by atoms with Crippen molar-refractivity contribution in [3.63, 3.8) is 0 Å². The molecule has 4 nitrogen and oxygen atoms in total. The largest absolute Gasteiger partial charge is 0.481 e. The highest BCUT2D eigenvalue weighted by atomic mass is 16.4. The van der Waals surface area contributed by atoms with E-state index in [9.17, 15) is 9.59 Å². The van der Waals surface area contributed by atoms with Crippen LogP contribution in [-0.4, -0.2) is 35.0 Å². The maximum atomic E-state index is 11.6. The minimum Gasteiger partial charge on any atom is -0.481 e. The Morgan fingerprint density at radius 3 is 2.71 bits per heavy atom. The first-order valence-corrected chi connectivity index (χ1v) is 4.90. The molecule has 0 atom stereocenters. The second kappa shape index (κ2) is 3.98. The molecule has 0 unspecified atom stereocenters. The molecular weight excluding hydrogens is 182 g/mol. The van der Waals surface area contributed by atoms with E-state index < -0.39 is 5.97 Å². The van der Waals surface area contributed by atoms with Crippen LogP contribution in [0.4, 0.5) is 0 Å². The molecule has 1 aliphatic rings. The molecular formula is C10H17NO3. The molecule has 1 aliphatic heterocycles. The van der Waals surface area contributed by atoms with Crippen molar-refractivity contribution < 1.29 is 14.7 Å². The zero-order valence-electron chi connectivity index (χ0n) is 8.75. The third-order valence-corrected chi connectivity index (χ3v) is 2.64. The Morgan fingerprint density at radius 2 is 2.21 bits per heavy atom. The number of carboxylic acids is 1. The molecule has 0 aromatic rings. The van der Waals surface area contributed by atoms with Crippen molar-refractivity contribution in [3.8, 4) is 0 Å². The summed E-state index contributed by atoms with van der Waals surface area (Å²) >= 11 is 0. The molecule has 0 aromatic carbocycles. The molecule has 0 bridgehead atoms. The van der Waals surface area contributed by atoms with Gasteiger partial charge in [0.1, 0.15) is 0 Å². The zero-order chi connectivity index (χ0) is 10.8. The number of rotatable bonds is 3. The monoisotopic (exact) mass is 199 g/mol. The number of carbonyl (C=O) groups is 2. The highest BCUT2D eigenvalue weighted by molar-refractivity contribution is 5.78. The fraction of sp³-hybridized carbons (Fsp3) is 0.800. The van der Waals surface area contributed by atoms with Crippen LogP contribution in [0.1, 0.15) is 33.1 Å². The van der Waals surface area contributed by atoms with Gasteiger partial charge in [-0.3, -0.25) is 9.59 Å². The van der Waals surface area contributed by atoms with Crippen LogP contribution in [0, 0.1) is 5.41 Å². The lowest BCUT2D eigenvalue weighted by Crippen LogP contribution is -2.42. The lowest BCUT2D eigenvalue weighted by Gasteiger charge is -2.36. The van der Waals surface area contributed by atoms with Gasteiger partial charge in [-0.05, 0) is 11.8 Å². The van der Waals surface area contributed by atoms with Crippen molar-refractivity contribution in [2.24, 2.45) is 5.41 Å². The molecule has 0 saturated carbocycles. The van der Waals surface area contributed by atoms with E-state index in [0.717, 1.165) is 6.42 Å². The summed E-state index contributed by atoms with van der Waals surface area (Å²) in [5.41, 5.74) is 0.0802. The van der Waals surface area contributed by atoms with Crippen LogP contribution in [0.3, 0.4) is 0 Å². The third kappa shape index (κ3) is 3.01. The highest BCUT2D eigenvalue weighted by Gasteiger charge is 2.31. The molecule has 1 amide bonds. The van der Waals surface area contributed by atoms with E-state index in [-0.39, 0.29) is 17.7 Å². The Hall–Kier alpha value is -1.06. The normalized spacial score (nSPS) is 21.0. The molecule has 14 heavy (non-hydrogen) atoms. The first-order chi connectivity index (χ1) is 6.41. The number of piperidine rings is 1. The van der Waals surface area contributed by atoms with E-state index >= 15 is 0 Å². The maximum absolute atomic E-state index is 11.6. The van der Waals surface area contributed by atoms with Gasteiger partial charge in [-0.2, -0.15) is 0 Å². The van der Waals surface area contributed by atoms with Gasteiger partial charge in [0.2, 0.25) is 5.91 Å². The smallest absolute Gasteiger partial charge is 0.305 e. The summed E-state index contributed by atoms with van der Waals surface area (Å²) in [5, 5.41) is 8.50. The highest BCUT2D eigenvalue weighted by Crippen LogP contribution is 2.30. The van der Waals surface area contributed by atoms with Crippen LogP contribution in [-0.2, 0) is 9.59 Å². The number of likely N-dealkylation sites (tertiary alicyclic amines) is 1. The number of aliphatic carboxylic acids is 1. The number of carbonyl (C=O) groups excluding carboxylic acids is 1. The van der Waals surface area contributed by atoms with Gasteiger partial charge in [0.25, 0.3) is 0 Å². The van der Waals surface area contributed by atoms with Gasteiger partial charge in [-0.25, -0.2) is 0 Å². The molecule has 0 aromatic heterocycles. The van der Waals surface area contributed by atoms with E-state index in [2.05, 4.69) is 13.8 Å². The zero-order valence-corrected chi connectivity index (χ0v) is 8.75. The van der Waals surface area contributed by atoms with Crippen molar-refractivity contribution in [3.05, 3.63) is 0 Å². The van der Waals surface area contributed by atoms with Crippen LogP contribution in [0.5, 0.6) is 0 Å². The summed E-state index contributed by atoms with van der Waals surface area (Å²) in [6, 6.07) is 0.